The third-order valence-corrected chi connectivity index (χ3v) is 3.70. The Morgan fingerprint density at radius 1 is 1.24 bits per heavy atom. The van der Waals surface area contributed by atoms with Gasteiger partial charge >= 0.3 is 0 Å². The van der Waals surface area contributed by atoms with Gasteiger partial charge in [-0.15, -0.1) is 0 Å². The van der Waals surface area contributed by atoms with Crippen LogP contribution in [0.15, 0.2) is 6.07 Å². The van der Waals surface area contributed by atoms with Crippen molar-refractivity contribution in [2.75, 3.05) is 43.0 Å². The molecule has 1 aromatic rings. The number of nitrogen functional groups attached to an aromatic ring is 1. The zero-order chi connectivity index (χ0) is 15.2. The van der Waals surface area contributed by atoms with Gasteiger partial charge in [-0.25, -0.2) is 15.8 Å². The molecule has 118 valence electrons. The average molecular weight is 292 g/mol. The van der Waals surface area contributed by atoms with Gasteiger partial charge in [0, 0.05) is 45.2 Å². The normalized spacial score (nSPS) is 16.5. The van der Waals surface area contributed by atoms with Gasteiger partial charge in [0.1, 0.15) is 17.5 Å². The monoisotopic (exact) mass is 292 g/mol. The first-order valence-electron chi connectivity index (χ1n) is 7.94. The number of nitrogens with two attached hydrogens (primary N) is 1. The van der Waals surface area contributed by atoms with Crippen molar-refractivity contribution < 1.29 is 0 Å². The van der Waals surface area contributed by atoms with Gasteiger partial charge in [-0.2, -0.15) is 0 Å². The number of nitrogens with zero attached hydrogens (tertiary/aromatic N) is 4. The summed E-state index contributed by atoms with van der Waals surface area (Å²) in [4.78, 5) is 13.9. The third kappa shape index (κ3) is 4.54. The highest BCUT2D eigenvalue weighted by atomic mass is 15.3. The van der Waals surface area contributed by atoms with E-state index >= 15 is 0 Å². The van der Waals surface area contributed by atoms with E-state index in [2.05, 4.69) is 46.0 Å². The number of rotatable bonds is 6. The lowest BCUT2D eigenvalue weighted by Crippen LogP contribution is -2.47. The molecule has 0 unspecified atom stereocenters. The number of aryl methyl sites for hydroxylation is 1. The predicted molar refractivity (Wildman–Crippen MR) is 87.3 cm³/mol. The zero-order valence-corrected chi connectivity index (χ0v) is 13.5. The van der Waals surface area contributed by atoms with E-state index in [1.165, 1.54) is 6.54 Å². The van der Waals surface area contributed by atoms with Gasteiger partial charge in [0.15, 0.2) is 0 Å². The largest absolute Gasteiger partial charge is 0.354 e. The average Bonchev–Trinajstić information content (AvgIpc) is 2.47. The molecule has 21 heavy (non-hydrogen) atoms. The van der Waals surface area contributed by atoms with Crippen LogP contribution in [0.1, 0.15) is 33.0 Å². The molecule has 1 fully saturated rings. The Hall–Kier alpha value is -1.40. The summed E-state index contributed by atoms with van der Waals surface area (Å²) in [5, 5.41) is 0. The molecule has 1 aromatic heterocycles. The molecule has 2 rings (SSSR count). The molecule has 0 atom stereocenters. The second-order valence-corrected chi connectivity index (χ2v) is 6.10. The first kappa shape index (κ1) is 16.0. The van der Waals surface area contributed by atoms with Crippen LogP contribution in [-0.4, -0.2) is 47.6 Å². The number of anilines is 2. The molecule has 1 aliphatic rings. The second-order valence-electron chi connectivity index (χ2n) is 6.10. The quantitative estimate of drug-likeness (QED) is 0.611. The number of piperazine rings is 1. The van der Waals surface area contributed by atoms with Gasteiger partial charge in [-0.1, -0.05) is 20.8 Å². The van der Waals surface area contributed by atoms with E-state index in [0.29, 0.717) is 5.82 Å². The van der Waals surface area contributed by atoms with Gasteiger partial charge in [-0.3, -0.25) is 4.90 Å². The molecule has 0 radical (unpaired) electrons. The van der Waals surface area contributed by atoms with Crippen LogP contribution in [0.4, 0.5) is 11.6 Å². The van der Waals surface area contributed by atoms with Crippen LogP contribution in [0.5, 0.6) is 0 Å². The van der Waals surface area contributed by atoms with Crippen molar-refractivity contribution in [3.05, 3.63) is 11.9 Å². The molecule has 3 N–H and O–H groups in total. The van der Waals surface area contributed by atoms with E-state index in [1.54, 1.807) is 0 Å². The summed E-state index contributed by atoms with van der Waals surface area (Å²) >= 11 is 0. The summed E-state index contributed by atoms with van der Waals surface area (Å²) in [6.07, 6.45) is 1.92. The molecular weight excluding hydrogens is 264 g/mol. The zero-order valence-electron chi connectivity index (χ0n) is 13.5. The number of hydrogen-bond acceptors (Lipinski definition) is 6. The predicted octanol–water partition coefficient (Wildman–Crippen LogP) is 1.49. The van der Waals surface area contributed by atoms with Crippen molar-refractivity contribution in [2.45, 2.75) is 33.6 Å². The van der Waals surface area contributed by atoms with Crippen molar-refractivity contribution in [1.82, 2.24) is 14.9 Å². The van der Waals surface area contributed by atoms with Gasteiger partial charge in [-0.05, 0) is 12.3 Å². The van der Waals surface area contributed by atoms with E-state index in [4.69, 9.17) is 5.84 Å². The van der Waals surface area contributed by atoms with E-state index in [1.807, 2.05) is 6.07 Å². The number of nitrogens with one attached hydrogen (secondary N) is 1. The Morgan fingerprint density at radius 3 is 2.52 bits per heavy atom. The summed E-state index contributed by atoms with van der Waals surface area (Å²) in [5.74, 6) is 8.81. The maximum absolute atomic E-state index is 5.52. The Kier molecular flexibility index (Phi) is 5.76. The molecule has 0 amide bonds. The van der Waals surface area contributed by atoms with Crippen molar-refractivity contribution >= 4 is 11.6 Å². The van der Waals surface area contributed by atoms with Gasteiger partial charge in [0.2, 0.25) is 0 Å². The molecule has 0 saturated carbocycles. The minimum absolute atomic E-state index is 0.702. The minimum atomic E-state index is 0.702. The summed E-state index contributed by atoms with van der Waals surface area (Å²) in [6, 6.07) is 1.94. The Labute approximate surface area is 127 Å². The maximum atomic E-state index is 5.52. The van der Waals surface area contributed by atoms with Crippen LogP contribution < -0.4 is 16.2 Å². The fourth-order valence-electron chi connectivity index (χ4n) is 2.73. The van der Waals surface area contributed by atoms with Crippen LogP contribution >= 0.6 is 0 Å². The topological polar surface area (TPSA) is 70.3 Å². The summed E-state index contributed by atoms with van der Waals surface area (Å²) in [7, 11) is 0. The SMILES string of the molecule is CCCc1nc(NN)cc(N2CCN(CC(C)C)CC2)n1. The van der Waals surface area contributed by atoms with Crippen LogP contribution in [0.2, 0.25) is 0 Å². The van der Waals surface area contributed by atoms with E-state index in [9.17, 15) is 0 Å². The van der Waals surface area contributed by atoms with E-state index in [0.717, 1.165) is 56.6 Å². The molecular formula is C15H28N6. The Bertz CT molecular complexity index is 440. The van der Waals surface area contributed by atoms with Crippen molar-refractivity contribution in [3.63, 3.8) is 0 Å². The maximum Gasteiger partial charge on any atom is 0.145 e. The van der Waals surface area contributed by atoms with Crippen LogP contribution in [0, 0.1) is 5.92 Å². The Balaban J connectivity index is 2.03. The van der Waals surface area contributed by atoms with Crippen molar-refractivity contribution in [2.24, 2.45) is 11.8 Å². The highest BCUT2D eigenvalue weighted by Crippen LogP contribution is 2.18. The molecule has 2 heterocycles. The number of hydrogen-bond donors (Lipinski definition) is 2. The van der Waals surface area contributed by atoms with Gasteiger partial charge in [0.05, 0.1) is 0 Å². The molecule has 6 nitrogen and oxygen atoms in total. The lowest BCUT2D eigenvalue weighted by atomic mass is 10.2. The highest BCUT2D eigenvalue weighted by Gasteiger charge is 2.19. The smallest absolute Gasteiger partial charge is 0.145 e. The first-order chi connectivity index (χ1) is 10.1. The molecule has 0 aliphatic carbocycles. The summed E-state index contributed by atoms with van der Waals surface area (Å²) in [5.41, 5.74) is 2.65. The summed E-state index contributed by atoms with van der Waals surface area (Å²) < 4.78 is 0. The molecule has 0 aromatic carbocycles. The highest BCUT2D eigenvalue weighted by molar-refractivity contribution is 5.49. The molecule has 0 spiro atoms. The number of hydrazine groups is 1. The van der Waals surface area contributed by atoms with Gasteiger partial charge < -0.3 is 10.3 Å². The van der Waals surface area contributed by atoms with Crippen LogP contribution in [-0.2, 0) is 6.42 Å². The lowest BCUT2D eigenvalue weighted by Gasteiger charge is -2.36. The fourth-order valence-corrected chi connectivity index (χ4v) is 2.73. The van der Waals surface area contributed by atoms with E-state index in [-0.39, 0.29) is 0 Å². The third-order valence-electron chi connectivity index (χ3n) is 3.70. The molecule has 0 bridgehead atoms. The van der Waals surface area contributed by atoms with Crippen molar-refractivity contribution in [3.8, 4) is 0 Å². The molecule has 1 saturated heterocycles. The van der Waals surface area contributed by atoms with E-state index < -0.39 is 0 Å². The fraction of sp³-hybridized carbons (Fsp3) is 0.733. The Morgan fingerprint density at radius 2 is 1.95 bits per heavy atom. The first-order valence-corrected chi connectivity index (χ1v) is 7.94. The van der Waals surface area contributed by atoms with Gasteiger partial charge in [0.25, 0.3) is 0 Å². The standard InChI is InChI=1S/C15H28N6/c1-4-5-13-17-14(19-16)10-15(18-13)21-8-6-20(7-9-21)11-12(2)3/h10,12H,4-9,11,16H2,1-3H3,(H,17,18,19). The molecule has 6 heteroatoms. The summed E-state index contributed by atoms with van der Waals surface area (Å²) in [6.45, 7) is 12.1. The van der Waals surface area contributed by atoms with Crippen molar-refractivity contribution in [1.29, 1.82) is 0 Å². The minimum Gasteiger partial charge on any atom is -0.354 e. The molecule has 1 aliphatic heterocycles. The number of aromatic nitrogens is 2. The second kappa shape index (κ2) is 7.56. The van der Waals surface area contributed by atoms with Crippen LogP contribution in [0.3, 0.4) is 0 Å². The lowest BCUT2D eigenvalue weighted by molar-refractivity contribution is 0.231. The van der Waals surface area contributed by atoms with Crippen LogP contribution in [0.25, 0.3) is 0 Å².